The summed E-state index contributed by atoms with van der Waals surface area (Å²) in [5.74, 6) is 0.205. The van der Waals surface area contributed by atoms with Gasteiger partial charge < -0.3 is 10.8 Å². The fourth-order valence-electron chi connectivity index (χ4n) is 1.68. The van der Waals surface area contributed by atoms with E-state index in [1.54, 1.807) is 0 Å². The van der Waals surface area contributed by atoms with Gasteiger partial charge >= 0.3 is 0 Å². The van der Waals surface area contributed by atoms with Crippen LogP contribution in [0.5, 0.6) is 0 Å². The maximum Gasteiger partial charge on any atom is 0.0500 e. The van der Waals surface area contributed by atoms with Gasteiger partial charge in [-0.15, -0.1) is 0 Å². The second-order valence-corrected chi connectivity index (χ2v) is 3.65. The number of nitrogens with two attached hydrogens (primary N) is 1. The third-order valence-electron chi connectivity index (χ3n) is 2.56. The largest absolute Gasteiger partial charge is 0.398 e. The lowest BCUT2D eigenvalue weighted by Crippen LogP contribution is -2.07. The molecule has 0 aliphatic rings. The molecule has 1 aromatic rings. The van der Waals surface area contributed by atoms with E-state index in [2.05, 4.69) is 6.92 Å². The Bertz CT molecular complexity index is 273. The van der Waals surface area contributed by atoms with Gasteiger partial charge in [0.2, 0.25) is 0 Å². The number of aliphatic hydroxyl groups excluding tert-OH is 1. The standard InChI is InChI=1S/C12H19NO/c1-2-3-6-10(9-14)11-7-4-5-8-12(11)13/h4-5,7-8,10,14H,2-3,6,9,13H2,1H3. The van der Waals surface area contributed by atoms with Crippen molar-refractivity contribution in [3.63, 3.8) is 0 Å². The van der Waals surface area contributed by atoms with Gasteiger partial charge in [0, 0.05) is 11.6 Å². The Hall–Kier alpha value is -1.02. The third kappa shape index (κ3) is 2.74. The molecular formula is C12H19NO. The van der Waals surface area contributed by atoms with Crippen molar-refractivity contribution in [2.75, 3.05) is 12.3 Å². The highest BCUT2D eigenvalue weighted by Gasteiger charge is 2.11. The molecule has 0 spiro atoms. The minimum absolute atomic E-state index is 0.189. The Balaban J connectivity index is 2.73. The number of benzene rings is 1. The van der Waals surface area contributed by atoms with E-state index in [0.29, 0.717) is 0 Å². The van der Waals surface area contributed by atoms with Crippen LogP contribution in [0.2, 0.25) is 0 Å². The lowest BCUT2D eigenvalue weighted by atomic mass is 9.93. The van der Waals surface area contributed by atoms with Gasteiger partial charge in [-0.05, 0) is 18.1 Å². The van der Waals surface area contributed by atoms with Gasteiger partial charge in [0.05, 0.1) is 6.61 Å². The third-order valence-corrected chi connectivity index (χ3v) is 2.56. The summed E-state index contributed by atoms with van der Waals surface area (Å²) >= 11 is 0. The molecule has 0 heterocycles. The van der Waals surface area contributed by atoms with E-state index in [9.17, 15) is 5.11 Å². The van der Waals surface area contributed by atoms with Crippen molar-refractivity contribution < 1.29 is 5.11 Å². The molecule has 1 rings (SSSR count). The number of nitrogen functional groups attached to an aromatic ring is 1. The highest BCUT2D eigenvalue weighted by molar-refractivity contribution is 5.48. The molecule has 3 N–H and O–H groups in total. The summed E-state index contributed by atoms with van der Waals surface area (Å²) in [5.41, 5.74) is 7.74. The molecule has 78 valence electrons. The lowest BCUT2D eigenvalue weighted by molar-refractivity contribution is 0.257. The second kappa shape index (κ2) is 5.66. The van der Waals surface area contributed by atoms with Gasteiger partial charge in [0.1, 0.15) is 0 Å². The molecule has 2 heteroatoms. The Morgan fingerprint density at radius 3 is 2.64 bits per heavy atom. The zero-order chi connectivity index (χ0) is 10.4. The van der Waals surface area contributed by atoms with Crippen LogP contribution in [0, 0.1) is 0 Å². The van der Waals surface area contributed by atoms with E-state index in [1.807, 2.05) is 24.3 Å². The fraction of sp³-hybridized carbons (Fsp3) is 0.500. The molecule has 2 nitrogen and oxygen atoms in total. The quantitative estimate of drug-likeness (QED) is 0.706. The van der Waals surface area contributed by atoms with Gasteiger partial charge in [-0.2, -0.15) is 0 Å². The van der Waals surface area contributed by atoms with Crippen LogP contribution in [0.3, 0.4) is 0 Å². The van der Waals surface area contributed by atoms with E-state index in [0.717, 1.165) is 30.5 Å². The molecule has 0 aliphatic heterocycles. The van der Waals surface area contributed by atoms with Gasteiger partial charge in [-0.1, -0.05) is 38.0 Å². The average Bonchev–Trinajstić information content (AvgIpc) is 2.21. The highest BCUT2D eigenvalue weighted by atomic mass is 16.3. The maximum absolute atomic E-state index is 9.27. The van der Waals surface area contributed by atoms with Crippen molar-refractivity contribution in [1.29, 1.82) is 0 Å². The van der Waals surface area contributed by atoms with Gasteiger partial charge in [-0.25, -0.2) is 0 Å². The van der Waals surface area contributed by atoms with Gasteiger partial charge in [0.15, 0.2) is 0 Å². The number of unbranched alkanes of at least 4 members (excludes halogenated alkanes) is 1. The van der Waals surface area contributed by atoms with Crippen LogP contribution in [0.4, 0.5) is 5.69 Å². The van der Waals surface area contributed by atoms with E-state index in [1.165, 1.54) is 0 Å². The summed E-state index contributed by atoms with van der Waals surface area (Å²) in [5, 5.41) is 9.27. The molecule has 0 aromatic heterocycles. The number of rotatable bonds is 5. The molecule has 14 heavy (non-hydrogen) atoms. The van der Waals surface area contributed by atoms with Crippen LogP contribution >= 0.6 is 0 Å². The van der Waals surface area contributed by atoms with Crippen molar-refractivity contribution in [2.24, 2.45) is 0 Å². The monoisotopic (exact) mass is 193 g/mol. The van der Waals surface area contributed by atoms with Crippen LogP contribution in [0.1, 0.15) is 37.7 Å². The average molecular weight is 193 g/mol. The van der Waals surface area contributed by atoms with Crippen molar-refractivity contribution in [3.05, 3.63) is 29.8 Å². The summed E-state index contributed by atoms with van der Waals surface area (Å²) in [6, 6.07) is 7.79. The van der Waals surface area contributed by atoms with Crippen LogP contribution in [0.15, 0.2) is 24.3 Å². The second-order valence-electron chi connectivity index (χ2n) is 3.65. The molecule has 1 unspecified atom stereocenters. The Labute approximate surface area is 85.8 Å². The first-order valence-corrected chi connectivity index (χ1v) is 5.24. The SMILES string of the molecule is CCCCC(CO)c1ccccc1N. The molecule has 0 saturated heterocycles. The Kier molecular flexibility index (Phi) is 4.47. The number of aliphatic hydroxyl groups is 1. The van der Waals surface area contributed by atoms with Gasteiger partial charge in [-0.3, -0.25) is 0 Å². The Morgan fingerprint density at radius 1 is 1.36 bits per heavy atom. The summed E-state index contributed by atoms with van der Waals surface area (Å²) in [6.45, 7) is 2.34. The minimum atomic E-state index is 0.189. The molecule has 0 saturated carbocycles. The van der Waals surface area contributed by atoms with Crippen molar-refractivity contribution in [1.82, 2.24) is 0 Å². The molecule has 0 bridgehead atoms. The van der Waals surface area contributed by atoms with Crippen LogP contribution in [-0.2, 0) is 0 Å². The van der Waals surface area contributed by atoms with Crippen molar-refractivity contribution >= 4 is 5.69 Å². The van der Waals surface area contributed by atoms with Crippen molar-refractivity contribution in [2.45, 2.75) is 32.1 Å². The molecule has 0 amide bonds. The summed E-state index contributed by atoms with van der Waals surface area (Å²) in [4.78, 5) is 0. The molecular weight excluding hydrogens is 174 g/mol. The smallest absolute Gasteiger partial charge is 0.0500 e. The number of hydrogen-bond donors (Lipinski definition) is 2. The zero-order valence-corrected chi connectivity index (χ0v) is 8.74. The molecule has 0 aliphatic carbocycles. The highest BCUT2D eigenvalue weighted by Crippen LogP contribution is 2.26. The van der Waals surface area contributed by atoms with Crippen molar-refractivity contribution in [3.8, 4) is 0 Å². The van der Waals surface area contributed by atoms with E-state index >= 15 is 0 Å². The number of para-hydroxylation sites is 1. The first kappa shape index (κ1) is 11.1. The predicted molar refractivity (Wildman–Crippen MR) is 60.2 cm³/mol. The first-order valence-electron chi connectivity index (χ1n) is 5.24. The van der Waals surface area contributed by atoms with E-state index in [4.69, 9.17) is 5.73 Å². The number of hydrogen-bond acceptors (Lipinski definition) is 2. The fourth-order valence-corrected chi connectivity index (χ4v) is 1.68. The molecule has 1 aromatic carbocycles. The van der Waals surface area contributed by atoms with Crippen LogP contribution in [-0.4, -0.2) is 11.7 Å². The normalized spacial score (nSPS) is 12.7. The lowest BCUT2D eigenvalue weighted by Gasteiger charge is -2.15. The summed E-state index contributed by atoms with van der Waals surface area (Å²) in [7, 11) is 0. The molecule has 1 atom stereocenters. The first-order chi connectivity index (χ1) is 6.79. The topological polar surface area (TPSA) is 46.2 Å². The summed E-state index contributed by atoms with van der Waals surface area (Å²) < 4.78 is 0. The molecule has 0 fully saturated rings. The van der Waals surface area contributed by atoms with E-state index in [-0.39, 0.29) is 12.5 Å². The minimum Gasteiger partial charge on any atom is -0.398 e. The van der Waals surface area contributed by atoms with Crippen LogP contribution in [0.25, 0.3) is 0 Å². The molecule has 0 radical (unpaired) electrons. The van der Waals surface area contributed by atoms with Gasteiger partial charge in [0.25, 0.3) is 0 Å². The van der Waals surface area contributed by atoms with E-state index < -0.39 is 0 Å². The Morgan fingerprint density at radius 2 is 2.07 bits per heavy atom. The zero-order valence-electron chi connectivity index (χ0n) is 8.74. The summed E-state index contributed by atoms with van der Waals surface area (Å²) in [6.07, 6.45) is 3.31. The van der Waals surface area contributed by atoms with Crippen LogP contribution < -0.4 is 5.73 Å². The maximum atomic E-state index is 9.27. The number of anilines is 1. The predicted octanol–water partition coefficient (Wildman–Crippen LogP) is 2.53.